The van der Waals surface area contributed by atoms with Gasteiger partial charge < -0.3 is 19.5 Å². The van der Waals surface area contributed by atoms with Crippen LogP contribution in [0.2, 0.25) is 0 Å². The molecule has 0 saturated carbocycles. The van der Waals surface area contributed by atoms with Crippen LogP contribution in [0.3, 0.4) is 0 Å². The summed E-state index contributed by atoms with van der Waals surface area (Å²) in [6, 6.07) is 15.8. The molecular weight excluding hydrogens is 668 g/mol. The van der Waals surface area contributed by atoms with Crippen molar-refractivity contribution in [3.05, 3.63) is 89.7 Å². The Morgan fingerprint density at radius 2 is 1.66 bits per heavy atom. The summed E-state index contributed by atoms with van der Waals surface area (Å²) in [5, 5.41) is 16.2. The molecule has 0 saturated heterocycles. The average Bonchev–Trinajstić information content (AvgIpc) is 3.68. The fraction of sp³-hybridized carbons (Fsp3) is 0.241. The van der Waals surface area contributed by atoms with Crippen LogP contribution in [0.15, 0.2) is 77.3 Å². The average molecular weight is 695 g/mol. The minimum Gasteiger partial charge on any atom is -0.491 e. The Morgan fingerprint density at radius 3 is 2.34 bits per heavy atom. The fourth-order valence-electron chi connectivity index (χ4n) is 4.31. The maximum Gasteiger partial charge on any atom is 0.573 e. The number of fused-ring (bicyclic) bond motifs is 1. The summed E-state index contributed by atoms with van der Waals surface area (Å²) >= 11 is 0.906. The molecule has 0 bridgehead atoms. The lowest BCUT2D eigenvalue weighted by Crippen LogP contribution is -2.34. The zero-order valence-corrected chi connectivity index (χ0v) is 25.8. The molecule has 0 aliphatic heterocycles. The largest absolute Gasteiger partial charge is 0.573 e. The van der Waals surface area contributed by atoms with Gasteiger partial charge in [-0.3, -0.25) is 4.79 Å². The van der Waals surface area contributed by atoms with Crippen LogP contribution >= 0.6 is 11.3 Å². The molecule has 5 aromatic rings. The third-order valence-electron chi connectivity index (χ3n) is 6.47. The molecule has 0 aliphatic rings. The van der Waals surface area contributed by atoms with E-state index in [0.29, 0.717) is 33.0 Å². The van der Waals surface area contributed by atoms with Crippen molar-refractivity contribution >= 4 is 37.5 Å². The van der Waals surface area contributed by atoms with E-state index in [-0.39, 0.29) is 36.3 Å². The first-order chi connectivity index (χ1) is 22.4. The molecule has 12 nitrogen and oxygen atoms in total. The lowest BCUT2D eigenvalue weighted by Gasteiger charge is -2.17. The number of thiazole rings is 1. The van der Waals surface area contributed by atoms with Crippen molar-refractivity contribution in [3.63, 3.8) is 0 Å². The summed E-state index contributed by atoms with van der Waals surface area (Å²) in [6.07, 6.45) is -3.11. The molecule has 0 spiro atoms. The first kappa shape index (κ1) is 33.6. The Morgan fingerprint density at radius 1 is 0.979 bits per heavy atom. The van der Waals surface area contributed by atoms with Crippen molar-refractivity contribution in [1.29, 1.82) is 0 Å². The number of hydrogen-bond donors (Lipinski definition) is 2. The summed E-state index contributed by atoms with van der Waals surface area (Å²) < 4.78 is 89.9. The van der Waals surface area contributed by atoms with E-state index in [1.54, 1.807) is 42.5 Å². The Bertz CT molecular complexity index is 1930. The molecule has 5 rings (SSSR count). The van der Waals surface area contributed by atoms with Gasteiger partial charge in [-0.05, 0) is 53.6 Å². The lowest BCUT2D eigenvalue weighted by molar-refractivity contribution is -0.274. The van der Waals surface area contributed by atoms with E-state index >= 15 is 0 Å². The summed E-state index contributed by atoms with van der Waals surface area (Å²) in [5.74, 6) is 0.0367. The highest BCUT2D eigenvalue weighted by molar-refractivity contribution is 7.91. The molecule has 47 heavy (non-hydrogen) atoms. The number of nitrogens with one attached hydrogen (secondary N) is 1. The van der Waals surface area contributed by atoms with Gasteiger partial charge in [-0.1, -0.05) is 29.5 Å². The van der Waals surface area contributed by atoms with Gasteiger partial charge in [0.15, 0.2) is 0 Å². The lowest BCUT2D eigenvalue weighted by atomic mass is 10.0. The highest BCUT2D eigenvalue weighted by Crippen LogP contribution is 2.29. The van der Waals surface area contributed by atoms with Crippen molar-refractivity contribution in [2.75, 3.05) is 13.3 Å². The van der Waals surface area contributed by atoms with Gasteiger partial charge in [0, 0.05) is 13.0 Å². The van der Waals surface area contributed by atoms with Gasteiger partial charge in [-0.2, -0.15) is 0 Å². The van der Waals surface area contributed by atoms with E-state index in [0.717, 1.165) is 29.0 Å². The van der Waals surface area contributed by atoms with E-state index < -0.39 is 35.0 Å². The topological polar surface area (TPSA) is 161 Å². The molecule has 1 amide bonds. The number of hydrogen-bond acceptors (Lipinski definition) is 10. The number of rotatable bonds is 14. The van der Waals surface area contributed by atoms with Gasteiger partial charge in [0.25, 0.3) is 10.0 Å². The zero-order chi connectivity index (χ0) is 33.6. The van der Waals surface area contributed by atoms with Crippen LogP contribution in [-0.2, 0) is 34.4 Å². The van der Waals surface area contributed by atoms with Gasteiger partial charge >= 0.3 is 6.36 Å². The van der Waals surface area contributed by atoms with Crippen LogP contribution in [-0.4, -0.2) is 53.9 Å². The number of ether oxygens (including phenoxy) is 3. The number of primary sulfonamides is 1. The van der Waals surface area contributed by atoms with E-state index in [2.05, 4.69) is 25.3 Å². The standard InChI is InChI=1S/C29H26F4N6O6S2/c30-11-12-43-21-5-1-18(2-6-21)13-25(27(40)35-15-19-3-7-22(8-4-19)45-29(31,32)33)39-16-20(37-38-39)17-44-23-9-10-24-26(14-23)46-28(36-24)47(34,41)42/h1-10,14,16,25H,11-13,15,17H2,(H,35,40)(H2,34,41,42). The maximum atomic E-state index is 13.4. The second-order valence-electron chi connectivity index (χ2n) is 9.94. The monoisotopic (exact) mass is 694 g/mol. The van der Waals surface area contributed by atoms with Gasteiger partial charge in [0.2, 0.25) is 10.2 Å². The normalized spacial score (nSPS) is 12.5. The molecule has 248 valence electrons. The first-order valence-corrected chi connectivity index (χ1v) is 16.1. The first-order valence-electron chi connectivity index (χ1n) is 13.7. The molecule has 2 heterocycles. The number of sulfonamides is 1. The van der Waals surface area contributed by atoms with Crippen molar-refractivity contribution in [2.24, 2.45) is 5.14 Å². The summed E-state index contributed by atoms with van der Waals surface area (Å²) in [5.41, 5.74) is 2.09. The maximum absolute atomic E-state index is 13.4. The Hall–Kier alpha value is -4.81. The Labute approximate surface area is 269 Å². The number of nitrogens with zero attached hydrogens (tertiary/aromatic N) is 4. The van der Waals surface area contributed by atoms with E-state index in [9.17, 15) is 30.8 Å². The van der Waals surface area contributed by atoms with Gasteiger partial charge in [0.1, 0.15) is 48.9 Å². The molecule has 18 heteroatoms. The minimum absolute atomic E-state index is 0.00946. The van der Waals surface area contributed by atoms with Crippen LogP contribution in [0.4, 0.5) is 17.6 Å². The predicted molar refractivity (Wildman–Crippen MR) is 161 cm³/mol. The second-order valence-corrected chi connectivity index (χ2v) is 12.7. The zero-order valence-electron chi connectivity index (χ0n) is 24.2. The van der Waals surface area contributed by atoms with Crippen LogP contribution in [0.1, 0.15) is 22.9 Å². The molecule has 0 radical (unpaired) electrons. The summed E-state index contributed by atoms with van der Waals surface area (Å²) in [7, 11) is -3.95. The van der Waals surface area contributed by atoms with Crippen molar-refractivity contribution in [3.8, 4) is 17.2 Å². The number of amides is 1. The van der Waals surface area contributed by atoms with Crippen molar-refractivity contribution in [2.45, 2.75) is 36.3 Å². The summed E-state index contributed by atoms with van der Waals surface area (Å²) in [4.78, 5) is 17.4. The second kappa shape index (κ2) is 14.3. The highest BCUT2D eigenvalue weighted by Gasteiger charge is 2.31. The SMILES string of the molecule is NS(=O)(=O)c1nc2ccc(OCc3cn(C(Cc4ccc(OCCF)cc4)C(=O)NCc4ccc(OC(F)(F)F)cc4)nn3)cc2s1. The molecule has 1 unspecified atom stereocenters. The number of benzene rings is 3. The van der Waals surface area contributed by atoms with E-state index in [1.807, 2.05) is 0 Å². The molecular formula is C29H26F4N6O6S2. The minimum atomic E-state index is -4.82. The number of nitrogens with two attached hydrogens (primary N) is 1. The number of halogens is 4. The summed E-state index contributed by atoms with van der Waals surface area (Å²) in [6.45, 7) is -0.755. The Balaban J connectivity index is 1.29. The van der Waals surface area contributed by atoms with Gasteiger partial charge in [0.05, 0.1) is 16.4 Å². The quantitative estimate of drug-likeness (QED) is 0.160. The van der Waals surface area contributed by atoms with E-state index in [1.165, 1.54) is 23.0 Å². The number of carbonyl (C=O) groups is 1. The van der Waals surface area contributed by atoms with Gasteiger partial charge in [-0.15, -0.1) is 29.6 Å². The van der Waals surface area contributed by atoms with Crippen LogP contribution in [0, 0.1) is 0 Å². The van der Waals surface area contributed by atoms with Crippen LogP contribution in [0.25, 0.3) is 10.2 Å². The highest BCUT2D eigenvalue weighted by atomic mass is 32.2. The fourth-order valence-corrected chi connectivity index (χ4v) is 5.99. The van der Waals surface area contributed by atoms with Crippen LogP contribution < -0.4 is 24.7 Å². The van der Waals surface area contributed by atoms with Crippen molar-refractivity contribution in [1.82, 2.24) is 25.3 Å². The predicted octanol–water partition coefficient (Wildman–Crippen LogP) is 4.46. The third kappa shape index (κ3) is 9.36. The van der Waals surface area contributed by atoms with Gasteiger partial charge in [-0.25, -0.2) is 27.6 Å². The molecule has 1 atom stereocenters. The molecule has 0 fully saturated rings. The smallest absolute Gasteiger partial charge is 0.491 e. The number of carbonyl (C=O) groups excluding carboxylic acids is 1. The molecule has 0 aliphatic carbocycles. The molecule has 3 aromatic carbocycles. The van der Waals surface area contributed by atoms with Crippen LogP contribution in [0.5, 0.6) is 17.2 Å². The van der Waals surface area contributed by atoms with Crippen molar-refractivity contribution < 1.29 is 45.0 Å². The Kier molecular flexibility index (Phi) is 10.2. The third-order valence-corrected chi connectivity index (χ3v) is 8.81. The molecule has 3 N–H and O–H groups in total. The van der Waals surface area contributed by atoms with E-state index in [4.69, 9.17) is 14.6 Å². The number of alkyl halides is 4. The molecule has 2 aromatic heterocycles. The number of aromatic nitrogens is 4.